The van der Waals surface area contributed by atoms with Crippen molar-refractivity contribution in [3.05, 3.63) is 42.1 Å². The Bertz CT molecular complexity index is 541. The van der Waals surface area contributed by atoms with E-state index in [2.05, 4.69) is 19.7 Å². The van der Waals surface area contributed by atoms with Crippen LogP contribution in [0.25, 0.3) is 11.3 Å². The highest BCUT2D eigenvalue weighted by atomic mass is 16.5. The molecule has 5 heteroatoms. The Kier molecular flexibility index (Phi) is 3.09. The fraction of sp³-hybridized carbons (Fsp3) is 0.167. The number of aryl methyl sites for hydroxylation is 1. The van der Waals surface area contributed by atoms with E-state index >= 15 is 0 Å². The van der Waals surface area contributed by atoms with Crippen LogP contribution in [-0.2, 0) is 4.74 Å². The predicted molar refractivity (Wildman–Crippen MR) is 61.3 cm³/mol. The van der Waals surface area contributed by atoms with E-state index in [-0.39, 0.29) is 5.82 Å². The first-order valence-electron chi connectivity index (χ1n) is 5.05. The van der Waals surface area contributed by atoms with E-state index in [1.165, 1.54) is 7.11 Å². The van der Waals surface area contributed by atoms with Crippen LogP contribution in [0.1, 0.15) is 16.3 Å². The van der Waals surface area contributed by atoms with Crippen LogP contribution in [0.4, 0.5) is 0 Å². The first-order chi connectivity index (χ1) is 8.20. The largest absolute Gasteiger partial charge is 0.463 e. The van der Waals surface area contributed by atoms with Crippen molar-refractivity contribution < 1.29 is 9.53 Å². The zero-order valence-corrected chi connectivity index (χ0v) is 9.54. The van der Waals surface area contributed by atoms with Gasteiger partial charge in [0.15, 0.2) is 0 Å². The maximum absolute atomic E-state index is 11.4. The van der Waals surface area contributed by atoms with Crippen LogP contribution < -0.4 is 0 Å². The average Bonchev–Trinajstić information content (AvgIpc) is 2.38. The van der Waals surface area contributed by atoms with Crippen molar-refractivity contribution in [1.29, 1.82) is 0 Å². The number of rotatable bonds is 2. The summed E-state index contributed by atoms with van der Waals surface area (Å²) >= 11 is 0. The molecule has 17 heavy (non-hydrogen) atoms. The molecule has 86 valence electrons. The van der Waals surface area contributed by atoms with Gasteiger partial charge in [0.2, 0.25) is 5.82 Å². The van der Waals surface area contributed by atoms with Crippen LogP contribution in [0.3, 0.4) is 0 Å². The second-order valence-corrected chi connectivity index (χ2v) is 3.45. The summed E-state index contributed by atoms with van der Waals surface area (Å²) in [5.74, 6) is -0.481. The van der Waals surface area contributed by atoms with Gasteiger partial charge in [-0.1, -0.05) is 0 Å². The molecule has 0 saturated heterocycles. The van der Waals surface area contributed by atoms with Gasteiger partial charge in [0.05, 0.1) is 12.8 Å². The lowest BCUT2D eigenvalue weighted by molar-refractivity contribution is 0.0586. The molecule has 2 aromatic rings. The normalized spacial score (nSPS) is 10.0. The molecule has 0 aliphatic carbocycles. The van der Waals surface area contributed by atoms with Crippen molar-refractivity contribution in [2.24, 2.45) is 0 Å². The van der Waals surface area contributed by atoms with Crippen LogP contribution in [0.2, 0.25) is 0 Å². The van der Waals surface area contributed by atoms with Gasteiger partial charge in [-0.3, -0.25) is 4.98 Å². The van der Waals surface area contributed by atoms with Crippen molar-refractivity contribution in [3.63, 3.8) is 0 Å². The molecular weight excluding hydrogens is 218 g/mol. The molecule has 0 fully saturated rings. The maximum Gasteiger partial charge on any atom is 0.376 e. The smallest absolute Gasteiger partial charge is 0.376 e. The highest BCUT2D eigenvalue weighted by Crippen LogP contribution is 2.16. The van der Waals surface area contributed by atoms with Gasteiger partial charge in [0, 0.05) is 23.7 Å². The third-order valence-electron chi connectivity index (χ3n) is 2.18. The molecule has 0 atom stereocenters. The highest BCUT2D eigenvalue weighted by molar-refractivity contribution is 5.85. The molecule has 0 N–H and O–H groups in total. The third-order valence-corrected chi connectivity index (χ3v) is 2.18. The summed E-state index contributed by atoms with van der Waals surface area (Å²) in [5, 5.41) is 0. The van der Waals surface area contributed by atoms with Gasteiger partial charge in [-0.05, 0) is 25.1 Å². The molecule has 2 heterocycles. The van der Waals surface area contributed by atoms with E-state index in [4.69, 9.17) is 0 Å². The minimum absolute atomic E-state index is 0.0614. The summed E-state index contributed by atoms with van der Waals surface area (Å²) in [6.07, 6.45) is 3.36. The van der Waals surface area contributed by atoms with Gasteiger partial charge < -0.3 is 4.74 Å². The van der Waals surface area contributed by atoms with E-state index in [9.17, 15) is 4.79 Å². The van der Waals surface area contributed by atoms with Gasteiger partial charge in [-0.25, -0.2) is 14.8 Å². The number of pyridine rings is 1. The van der Waals surface area contributed by atoms with Gasteiger partial charge in [0.1, 0.15) is 0 Å². The van der Waals surface area contributed by atoms with Crippen molar-refractivity contribution in [1.82, 2.24) is 15.0 Å². The fourth-order valence-corrected chi connectivity index (χ4v) is 1.41. The zero-order valence-electron chi connectivity index (χ0n) is 9.54. The number of esters is 1. The molecule has 0 aromatic carbocycles. The Morgan fingerprint density at radius 2 is 2.18 bits per heavy atom. The molecular formula is C12H11N3O2. The van der Waals surface area contributed by atoms with Gasteiger partial charge >= 0.3 is 5.97 Å². The quantitative estimate of drug-likeness (QED) is 0.732. The number of methoxy groups -OCH3 is 1. The number of nitrogens with zero attached hydrogens (tertiary/aromatic N) is 3. The second-order valence-electron chi connectivity index (χ2n) is 3.45. The number of ether oxygens (including phenoxy) is 1. The fourth-order valence-electron chi connectivity index (χ4n) is 1.41. The van der Waals surface area contributed by atoms with Crippen molar-refractivity contribution in [2.75, 3.05) is 7.11 Å². The SMILES string of the molecule is COC(=O)c1nc(C)cc(-c2cccnc2)n1. The number of aromatic nitrogens is 3. The van der Waals surface area contributed by atoms with E-state index < -0.39 is 5.97 Å². The number of carbonyl (C=O) groups excluding carboxylic acids is 1. The lowest BCUT2D eigenvalue weighted by Crippen LogP contribution is -2.09. The van der Waals surface area contributed by atoms with Crippen LogP contribution in [0.5, 0.6) is 0 Å². The minimum atomic E-state index is -0.543. The molecule has 0 amide bonds. The maximum atomic E-state index is 11.4. The molecule has 0 aliphatic heterocycles. The Labute approximate surface area is 98.5 Å². The van der Waals surface area contributed by atoms with E-state index in [1.807, 2.05) is 12.1 Å². The minimum Gasteiger partial charge on any atom is -0.463 e. The molecule has 0 aliphatic rings. The summed E-state index contributed by atoms with van der Waals surface area (Å²) < 4.78 is 4.60. The average molecular weight is 229 g/mol. The monoisotopic (exact) mass is 229 g/mol. The number of carbonyl (C=O) groups is 1. The standard InChI is InChI=1S/C12H11N3O2/c1-8-6-10(9-4-3-5-13-7-9)15-11(14-8)12(16)17-2/h3-7H,1-2H3. The third kappa shape index (κ3) is 2.44. The molecule has 2 aromatic heterocycles. The van der Waals surface area contributed by atoms with Crippen molar-refractivity contribution in [3.8, 4) is 11.3 Å². The van der Waals surface area contributed by atoms with Gasteiger partial charge in [-0.15, -0.1) is 0 Å². The van der Waals surface area contributed by atoms with Crippen LogP contribution in [-0.4, -0.2) is 28.0 Å². The van der Waals surface area contributed by atoms with Gasteiger partial charge in [-0.2, -0.15) is 0 Å². The van der Waals surface area contributed by atoms with Crippen LogP contribution >= 0.6 is 0 Å². The Balaban J connectivity index is 2.49. The molecule has 2 rings (SSSR count). The topological polar surface area (TPSA) is 65.0 Å². The number of hydrogen-bond acceptors (Lipinski definition) is 5. The first-order valence-corrected chi connectivity index (χ1v) is 5.05. The molecule has 0 unspecified atom stereocenters. The van der Waals surface area contributed by atoms with E-state index in [0.29, 0.717) is 11.4 Å². The second kappa shape index (κ2) is 4.69. The van der Waals surface area contributed by atoms with E-state index in [1.54, 1.807) is 25.4 Å². The van der Waals surface area contributed by atoms with Crippen molar-refractivity contribution >= 4 is 5.97 Å². The molecule has 0 radical (unpaired) electrons. The summed E-state index contributed by atoms with van der Waals surface area (Å²) in [7, 11) is 1.30. The van der Waals surface area contributed by atoms with E-state index in [0.717, 1.165) is 5.56 Å². The van der Waals surface area contributed by atoms with Crippen LogP contribution in [0.15, 0.2) is 30.6 Å². The molecule has 0 bridgehead atoms. The predicted octanol–water partition coefficient (Wildman–Crippen LogP) is 1.63. The Morgan fingerprint density at radius 1 is 1.35 bits per heavy atom. The summed E-state index contributed by atoms with van der Waals surface area (Å²) in [6, 6.07) is 5.48. The lowest BCUT2D eigenvalue weighted by atomic mass is 10.2. The molecule has 0 spiro atoms. The first kappa shape index (κ1) is 11.2. The Morgan fingerprint density at radius 3 is 2.82 bits per heavy atom. The van der Waals surface area contributed by atoms with Crippen LogP contribution in [0, 0.1) is 6.92 Å². The Hall–Kier alpha value is -2.30. The summed E-state index contributed by atoms with van der Waals surface area (Å²) in [4.78, 5) is 23.6. The number of hydrogen-bond donors (Lipinski definition) is 0. The van der Waals surface area contributed by atoms with Gasteiger partial charge in [0.25, 0.3) is 0 Å². The summed E-state index contributed by atoms with van der Waals surface area (Å²) in [5.41, 5.74) is 2.20. The van der Waals surface area contributed by atoms with Crippen molar-refractivity contribution in [2.45, 2.75) is 6.92 Å². The molecule has 5 nitrogen and oxygen atoms in total. The zero-order chi connectivity index (χ0) is 12.3. The highest BCUT2D eigenvalue weighted by Gasteiger charge is 2.12. The lowest BCUT2D eigenvalue weighted by Gasteiger charge is -2.04. The summed E-state index contributed by atoms with van der Waals surface area (Å²) in [6.45, 7) is 1.80. The molecule has 0 saturated carbocycles.